The second-order valence-corrected chi connectivity index (χ2v) is 4.91. The van der Waals surface area contributed by atoms with E-state index in [0.29, 0.717) is 34.8 Å². The van der Waals surface area contributed by atoms with E-state index in [4.69, 9.17) is 16.3 Å². The SMILES string of the molecule is COCCNCCNC(=O)c1ccc(Cl)cc1Br. The van der Waals surface area contributed by atoms with E-state index in [1.54, 1.807) is 25.3 Å². The number of hydrogen-bond donors (Lipinski definition) is 2. The van der Waals surface area contributed by atoms with Gasteiger partial charge in [0, 0.05) is 36.2 Å². The molecule has 0 aromatic heterocycles. The van der Waals surface area contributed by atoms with Crippen molar-refractivity contribution in [2.24, 2.45) is 0 Å². The van der Waals surface area contributed by atoms with E-state index in [0.717, 1.165) is 6.54 Å². The Balaban J connectivity index is 2.32. The number of amides is 1. The molecule has 1 rings (SSSR count). The second kappa shape index (κ2) is 8.48. The molecule has 0 spiro atoms. The molecule has 0 saturated heterocycles. The van der Waals surface area contributed by atoms with E-state index in [-0.39, 0.29) is 5.91 Å². The van der Waals surface area contributed by atoms with Crippen molar-refractivity contribution in [1.82, 2.24) is 10.6 Å². The minimum Gasteiger partial charge on any atom is -0.383 e. The topological polar surface area (TPSA) is 50.4 Å². The predicted molar refractivity (Wildman–Crippen MR) is 76.2 cm³/mol. The summed E-state index contributed by atoms with van der Waals surface area (Å²) >= 11 is 9.13. The Morgan fingerprint density at radius 2 is 2.17 bits per heavy atom. The van der Waals surface area contributed by atoms with Crippen LogP contribution in [-0.2, 0) is 4.74 Å². The first kappa shape index (κ1) is 15.4. The van der Waals surface area contributed by atoms with E-state index in [1.165, 1.54) is 0 Å². The van der Waals surface area contributed by atoms with Gasteiger partial charge in [0.15, 0.2) is 0 Å². The average Bonchev–Trinajstić information content (AvgIpc) is 2.33. The van der Waals surface area contributed by atoms with Crippen LogP contribution >= 0.6 is 27.5 Å². The molecule has 0 aliphatic heterocycles. The van der Waals surface area contributed by atoms with E-state index < -0.39 is 0 Å². The zero-order valence-electron chi connectivity index (χ0n) is 10.1. The second-order valence-electron chi connectivity index (χ2n) is 3.62. The maximum Gasteiger partial charge on any atom is 0.252 e. The van der Waals surface area contributed by atoms with Gasteiger partial charge in [-0.3, -0.25) is 4.79 Å². The molecule has 0 bridgehead atoms. The first-order chi connectivity index (χ1) is 8.65. The molecule has 0 unspecified atom stereocenters. The van der Waals surface area contributed by atoms with Crippen LogP contribution in [0.3, 0.4) is 0 Å². The van der Waals surface area contributed by atoms with Crippen molar-refractivity contribution in [3.63, 3.8) is 0 Å². The molecule has 1 aromatic rings. The smallest absolute Gasteiger partial charge is 0.252 e. The number of benzene rings is 1. The standard InChI is InChI=1S/C12H16BrClN2O2/c1-18-7-6-15-4-5-16-12(17)10-3-2-9(14)8-11(10)13/h2-3,8,15H,4-7H2,1H3,(H,16,17). The Morgan fingerprint density at radius 3 is 2.83 bits per heavy atom. The van der Waals surface area contributed by atoms with Gasteiger partial charge in [0.1, 0.15) is 0 Å². The summed E-state index contributed by atoms with van der Waals surface area (Å²) in [6.07, 6.45) is 0. The van der Waals surface area contributed by atoms with Crippen LogP contribution in [0.4, 0.5) is 0 Å². The Hall–Kier alpha value is -0.620. The summed E-state index contributed by atoms with van der Waals surface area (Å²) in [5.74, 6) is -0.118. The summed E-state index contributed by atoms with van der Waals surface area (Å²) in [6, 6.07) is 5.09. The van der Waals surface area contributed by atoms with Gasteiger partial charge in [0.2, 0.25) is 0 Å². The third-order valence-corrected chi connectivity index (χ3v) is 3.14. The summed E-state index contributed by atoms with van der Waals surface area (Å²) in [4.78, 5) is 11.8. The number of rotatable bonds is 7. The van der Waals surface area contributed by atoms with Crippen LogP contribution in [0.1, 0.15) is 10.4 Å². The fraction of sp³-hybridized carbons (Fsp3) is 0.417. The molecule has 0 heterocycles. The van der Waals surface area contributed by atoms with E-state index >= 15 is 0 Å². The molecule has 0 aliphatic carbocycles. The Bertz CT molecular complexity index is 402. The minimum atomic E-state index is -0.118. The molecule has 4 nitrogen and oxygen atoms in total. The Labute approximate surface area is 120 Å². The predicted octanol–water partition coefficient (Wildman–Crippen LogP) is 2.07. The maximum absolute atomic E-state index is 11.8. The van der Waals surface area contributed by atoms with Gasteiger partial charge < -0.3 is 15.4 Å². The van der Waals surface area contributed by atoms with Crippen molar-refractivity contribution in [3.8, 4) is 0 Å². The van der Waals surface area contributed by atoms with Gasteiger partial charge in [0.25, 0.3) is 5.91 Å². The molecular weight excluding hydrogens is 320 g/mol. The zero-order chi connectivity index (χ0) is 13.4. The molecule has 18 heavy (non-hydrogen) atoms. The molecule has 2 N–H and O–H groups in total. The summed E-state index contributed by atoms with van der Waals surface area (Å²) in [5.41, 5.74) is 0.580. The van der Waals surface area contributed by atoms with E-state index in [9.17, 15) is 4.79 Å². The van der Waals surface area contributed by atoms with Gasteiger partial charge in [-0.1, -0.05) is 11.6 Å². The lowest BCUT2D eigenvalue weighted by Gasteiger charge is -2.08. The summed E-state index contributed by atoms with van der Waals surface area (Å²) < 4.78 is 5.59. The van der Waals surface area contributed by atoms with Crippen LogP contribution in [0.15, 0.2) is 22.7 Å². The van der Waals surface area contributed by atoms with Gasteiger partial charge in [-0.2, -0.15) is 0 Å². The lowest BCUT2D eigenvalue weighted by molar-refractivity contribution is 0.0953. The van der Waals surface area contributed by atoms with Crippen LogP contribution in [0.25, 0.3) is 0 Å². The fourth-order valence-corrected chi connectivity index (χ4v) is 2.20. The van der Waals surface area contributed by atoms with Crippen LogP contribution in [0, 0.1) is 0 Å². The normalized spacial score (nSPS) is 10.4. The number of ether oxygens (including phenoxy) is 1. The number of hydrogen-bond acceptors (Lipinski definition) is 3. The number of methoxy groups -OCH3 is 1. The highest BCUT2D eigenvalue weighted by Gasteiger charge is 2.09. The number of halogens is 2. The summed E-state index contributed by atoms with van der Waals surface area (Å²) in [5, 5.41) is 6.56. The van der Waals surface area contributed by atoms with Crippen molar-refractivity contribution < 1.29 is 9.53 Å². The Kier molecular flexibility index (Phi) is 7.27. The molecule has 1 aromatic carbocycles. The van der Waals surface area contributed by atoms with Crippen molar-refractivity contribution in [3.05, 3.63) is 33.3 Å². The summed E-state index contributed by atoms with van der Waals surface area (Å²) in [7, 11) is 1.65. The van der Waals surface area contributed by atoms with Crippen LogP contribution in [0.2, 0.25) is 5.02 Å². The molecule has 0 fully saturated rings. The van der Waals surface area contributed by atoms with Gasteiger partial charge in [-0.25, -0.2) is 0 Å². The third-order valence-electron chi connectivity index (χ3n) is 2.25. The van der Waals surface area contributed by atoms with Crippen LogP contribution in [-0.4, -0.2) is 39.3 Å². The Morgan fingerprint density at radius 1 is 1.39 bits per heavy atom. The fourth-order valence-electron chi connectivity index (χ4n) is 1.33. The van der Waals surface area contributed by atoms with E-state index in [2.05, 4.69) is 26.6 Å². The van der Waals surface area contributed by atoms with Crippen molar-refractivity contribution >= 4 is 33.4 Å². The quantitative estimate of drug-likeness (QED) is 0.750. The van der Waals surface area contributed by atoms with Crippen molar-refractivity contribution in [2.75, 3.05) is 33.4 Å². The highest BCUT2D eigenvalue weighted by atomic mass is 79.9. The summed E-state index contributed by atoms with van der Waals surface area (Å²) in [6.45, 7) is 2.71. The van der Waals surface area contributed by atoms with Crippen LogP contribution in [0.5, 0.6) is 0 Å². The first-order valence-electron chi connectivity index (χ1n) is 5.58. The molecular formula is C12H16BrClN2O2. The molecule has 0 atom stereocenters. The molecule has 1 amide bonds. The highest BCUT2D eigenvalue weighted by Crippen LogP contribution is 2.21. The number of carbonyl (C=O) groups excluding carboxylic acids is 1. The molecule has 100 valence electrons. The molecule has 0 aliphatic rings. The average molecular weight is 336 g/mol. The monoisotopic (exact) mass is 334 g/mol. The van der Waals surface area contributed by atoms with E-state index in [1.807, 2.05) is 0 Å². The zero-order valence-corrected chi connectivity index (χ0v) is 12.5. The highest BCUT2D eigenvalue weighted by molar-refractivity contribution is 9.10. The molecule has 0 saturated carbocycles. The van der Waals surface area contributed by atoms with Crippen LogP contribution < -0.4 is 10.6 Å². The van der Waals surface area contributed by atoms with Crippen molar-refractivity contribution in [2.45, 2.75) is 0 Å². The van der Waals surface area contributed by atoms with Gasteiger partial charge in [-0.05, 0) is 34.1 Å². The number of nitrogens with one attached hydrogen (secondary N) is 2. The van der Waals surface area contributed by atoms with Gasteiger partial charge in [-0.15, -0.1) is 0 Å². The van der Waals surface area contributed by atoms with Crippen molar-refractivity contribution in [1.29, 1.82) is 0 Å². The van der Waals surface area contributed by atoms with Gasteiger partial charge >= 0.3 is 0 Å². The largest absolute Gasteiger partial charge is 0.383 e. The maximum atomic E-state index is 11.8. The first-order valence-corrected chi connectivity index (χ1v) is 6.75. The third kappa shape index (κ3) is 5.35. The molecule has 6 heteroatoms. The lowest BCUT2D eigenvalue weighted by atomic mass is 10.2. The minimum absolute atomic E-state index is 0.118. The lowest BCUT2D eigenvalue weighted by Crippen LogP contribution is -2.33. The molecule has 0 radical (unpaired) electrons. The van der Waals surface area contributed by atoms with Gasteiger partial charge in [0.05, 0.1) is 12.2 Å². The number of carbonyl (C=O) groups is 1.